The number of aromatic nitrogens is 1. The number of rotatable bonds is 8. The van der Waals surface area contributed by atoms with Crippen LogP contribution in [0.15, 0.2) is 65.8 Å². The average molecular weight is 393 g/mol. The van der Waals surface area contributed by atoms with Gasteiger partial charge in [-0.15, -0.1) is 0 Å². The number of nitrogens with one attached hydrogen (secondary N) is 2. The highest BCUT2D eigenvalue weighted by molar-refractivity contribution is 5.85. The smallest absolute Gasteiger partial charge is 0.191 e. The minimum absolute atomic E-state index is 0.0640. The van der Waals surface area contributed by atoms with Gasteiger partial charge in [0.25, 0.3) is 0 Å². The quantitative estimate of drug-likeness (QED) is 0.451. The van der Waals surface area contributed by atoms with Crippen LogP contribution in [0.2, 0.25) is 0 Å². The lowest BCUT2D eigenvalue weighted by molar-refractivity contribution is 0.213. The Morgan fingerprint density at radius 3 is 2.59 bits per heavy atom. The largest absolute Gasteiger partial charge is 0.493 e. The number of guanidine groups is 1. The van der Waals surface area contributed by atoms with Crippen LogP contribution in [0.1, 0.15) is 19.5 Å². The highest BCUT2D eigenvalue weighted by Gasteiger charge is 2.09. The van der Waals surface area contributed by atoms with E-state index < -0.39 is 0 Å². The third kappa shape index (κ3) is 5.60. The first kappa shape index (κ1) is 20.5. The fourth-order valence-corrected chi connectivity index (χ4v) is 3.02. The number of fused-ring (bicyclic) bond motifs is 1. The van der Waals surface area contributed by atoms with Crippen LogP contribution in [0.5, 0.6) is 11.5 Å². The molecule has 0 amide bonds. The van der Waals surface area contributed by atoms with E-state index in [0.29, 0.717) is 13.1 Å². The lowest BCUT2D eigenvalue weighted by atomic mass is 10.1. The molecule has 6 nitrogen and oxygen atoms in total. The summed E-state index contributed by atoms with van der Waals surface area (Å²) in [5.41, 5.74) is 0.957. The first-order chi connectivity index (χ1) is 14.2. The van der Waals surface area contributed by atoms with Crippen LogP contribution in [0.3, 0.4) is 0 Å². The Balaban J connectivity index is 1.63. The Morgan fingerprint density at radius 1 is 1.03 bits per heavy atom. The van der Waals surface area contributed by atoms with Crippen molar-refractivity contribution in [1.29, 1.82) is 0 Å². The zero-order chi connectivity index (χ0) is 20.5. The van der Waals surface area contributed by atoms with E-state index in [9.17, 15) is 0 Å². The highest BCUT2D eigenvalue weighted by atomic mass is 16.5. The molecule has 1 unspecified atom stereocenters. The number of benzene rings is 2. The number of para-hydroxylation sites is 2. The molecule has 0 aliphatic heterocycles. The number of nitrogens with zero attached hydrogens (tertiary/aromatic N) is 2. The Bertz CT molecular complexity index is 953. The predicted molar refractivity (Wildman–Crippen MR) is 118 cm³/mol. The fraction of sp³-hybridized carbons (Fsp3) is 0.304. The molecule has 1 atom stereocenters. The number of hydrogen-bond donors (Lipinski definition) is 2. The van der Waals surface area contributed by atoms with Gasteiger partial charge in [-0.05, 0) is 37.4 Å². The standard InChI is InChI=1S/C23H28N4O2/c1-4-24-23(26-15-17(2)29-22-12-8-7-11-21(22)28-3)27-16-20-19-10-6-5-9-18(19)13-14-25-20/h5-14,17H,4,15-16H2,1-3H3,(H2,24,26,27). The maximum absolute atomic E-state index is 6.00. The second-order valence-corrected chi connectivity index (χ2v) is 6.63. The Morgan fingerprint density at radius 2 is 1.79 bits per heavy atom. The molecule has 0 fully saturated rings. The van der Waals surface area contributed by atoms with E-state index in [1.807, 2.05) is 62.5 Å². The molecule has 3 rings (SSSR count). The molecule has 29 heavy (non-hydrogen) atoms. The third-order valence-electron chi connectivity index (χ3n) is 4.44. The summed E-state index contributed by atoms with van der Waals surface area (Å²) in [5.74, 6) is 2.19. The van der Waals surface area contributed by atoms with Crippen LogP contribution in [0, 0.1) is 0 Å². The van der Waals surface area contributed by atoms with Gasteiger partial charge in [0.1, 0.15) is 6.10 Å². The van der Waals surface area contributed by atoms with E-state index in [1.165, 1.54) is 5.39 Å². The Labute approximate surface area is 172 Å². The van der Waals surface area contributed by atoms with Crippen molar-refractivity contribution >= 4 is 16.7 Å². The van der Waals surface area contributed by atoms with Gasteiger partial charge in [-0.1, -0.05) is 36.4 Å². The van der Waals surface area contributed by atoms with Crippen molar-refractivity contribution in [2.75, 3.05) is 20.2 Å². The molecule has 0 saturated carbocycles. The molecule has 0 radical (unpaired) electrons. The number of methoxy groups -OCH3 is 1. The zero-order valence-corrected chi connectivity index (χ0v) is 17.2. The monoisotopic (exact) mass is 392 g/mol. The van der Waals surface area contributed by atoms with Crippen molar-refractivity contribution in [3.63, 3.8) is 0 Å². The zero-order valence-electron chi connectivity index (χ0n) is 17.2. The van der Waals surface area contributed by atoms with Gasteiger partial charge < -0.3 is 20.1 Å². The first-order valence-electron chi connectivity index (χ1n) is 9.85. The lowest BCUT2D eigenvalue weighted by Crippen LogP contribution is -2.41. The SMILES string of the molecule is CCNC(=NCc1nccc2ccccc12)NCC(C)Oc1ccccc1OC. The molecule has 2 aromatic carbocycles. The summed E-state index contributed by atoms with van der Waals surface area (Å²) in [6, 6.07) is 17.9. The van der Waals surface area contributed by atoms with Crippen molar-refractivity contribution in [3.8, 4) is 11.5 Å². The summed E-state index contributed by atoms with van der Waals surface area (Å²) in [6.07, 6.45) is 1.77. The van der Waals surface area contributed by atoms with Gasteiger partial charge in [0.2, 0.25) is 0 Å². The molecule has 0 aliphatic rings. The van der Waals surface area contributed by atoms with E-state index in [4.69, 9.17) is 14.5 Å². The van der Waals surface area contributed by atoms with E-state index in [2.05, 4.69) is 27.8 Å². The molecule has 6 heteroatoms. The van der Waals surface area contributed by atoms with Crippen molar-refractivity contribution in [2.24, 2.45) is 4.99 Å². The summed E-state index contributed by atoms with van der Waals surface area (Å²) in [5, 5.41) is 8.91. The average Bonchev–Trinajstić information content (AvgIpc) is 2.76. The minimum atomic E-state index is -0.0640. The summed E-state index contributed by atoms with van der Waals surface area (Å²) >= 11 is 0. The van der Waals surface area contributed by atoms with Crippen molar-refractivity contribution < 1.29 is 9.47 Å². The van der Waals surface area contributed by atoms with Gasteiger partial charge in [-0.3, -0.25) is 4.98 Å². The molecule has 2 N–H and O–H groups in total. The van der Waals surface area contributed by atoms with E-state index in [-0.39, 0.29) is 6.10 Å². The second kappa shape index (κ2) is 10.3. The molecule has 0 spiro atoms. The van der Waals surface area contributed by atoms with Crippen molar-refractivity contribution in [3.05, 3.63) is 66.5 Å². The predicted octanol–water partition coefficient (Wildman–Crippen LogP) is 3.77. The van der Waals surface area contributed by atoms with Gasteiger partial charge in [-0.2, -0.15) is 0 Å². The van der Waals surface area contributed by atoms with Crippen LogP contribution in [0.25, 0.3) is 10.8 Å². The molecule has 152 valence electrons. The van der Waals surface area contributed by atoms with Gasteiger partial charge in [0.05, 0.1) is 25.9 Å². The number of pyridine rings is 1. The van der Waals surface area contributed by atoms with E-state index >= 15 is 0 Å². The van der Waals surface area contributed by atoms with E-state index in [0.717, 1.165) is 35.1 Å². The molecule has 0 aliphatic carbocycles. The van der Waals surface area contributed by atoms with Crippen LogP contribution < -0.4 is 20.1 Å². The third-order valence-corrected chi connectivity index (χ3v) is 4.44. The van der Waals surface area contributed by atoms with Gasteiger partial charge in [0, 0.05) is 18.1 Å². The molecule has 1 heterocycles. The second-order valence-electron chi connectivity index (χ2n) is 6.63. The number of ether oxygens (including phenoxy) is 2. The van der Waals surface area contributed by atoms with Crippen LogP contribution in [0.4, 0.5) is 0 Å². The number of hydrogen-bond acceptors (Lipinski definition) is 4. The topological polar surface area (TPSA) is 67.8 Å². The van der Waals surface area contributed by atoms with Crippen LogP contribution in [-0.4, -0.2) is 37.2 Å². The summed E-state index contributed by atoms with van der Waals surface area (Å²) in [6.45, 7) is 5.93. The molecular formula is C23H28N4O2. The number of aliphatic imine (C=N–C) groups is 1. The van der Waals surface area contributed by atoms with E-state index in [1.54, 1.807) is 7.11 Å². The van der Waals surface area contributed by atoms with Gasteiger partial charge >= 0.3 is 0 Å². The fourth-order valence-electron chi connectivity index (χ4n) is 3.02. The van der Waals surface area contributed by atoms with Crippen LogP contribution >= 0.6 is 0 Å². The molecule has 0 saturated heterocycles. The first-order valence-corrected chi connectivity index (χ1v) is 9.85. The maximum atomic E-state index is 6.00. The summed E-state index contributed by atoms with van der Waals surface area (Å²) in [7, 11) is 1.64. The van der Waals surface area contributed by atoms with Crippen molar-refractivity contribution in [2.45, 2.75) is 26.5 Å². The normalized spacial score (nSPS) is 12.4. The van der Waals surface area contributed by atoms with Gasteiger partial charge in [-0.25, -0.2) is 4.99 Å². The summed E-state index contributed by atoms with van der Waals surface area (Å²) in [4.78, 5) is 9.21. The lowest BCUT2D eigenvalue weighted by Gasteiger charge is -2.19. The Kier molecular flexibility index (Phi) is 7.28. The molecule has 1 aromatic heterocycles. The minimum Gasteiger partial charge on any atom is -0.493 e. The van der Waals surface area contributed by atoms with Gasteiger partial charge in [0.15, 0.2) is 17.5 Å². The Hall–Kier alpha value is -3.28. The van der Waals surface area contributed by atoms with Crippen molar-refractivity contribution in [1.82, 2.24) is 15.6 Å². The maximum Gasteiger partial charge on any atom is 0.191 e. The molecular weight excluding hydrogens is 364 g/mol. The molecule has 3 aromatic rings. The molecule has 0 bridgehead atoms. The highest BCUT2D eigenvalue weighted by Crippen LogP contribution is 2.26. The van der Waals surface area contributed by atoms with Crippen LogP contribution in [-0.2, 0) is 6.54 Å². The summed E-state index contributed by atoms with van der Waals surface area (Å²) < 4.78 is 11.3.